The predicted octanol–water partition coefficient (Wildman–Crippen LogP) is 2.26. The summed E-state index contributed by atoms with van der Waals surface area (Å²) in [5.74, 6) is -0.418. The molecule has 0 radical (unpaired) electrons. The van der Waals surface area contributed by atoms with E-state index in [0.29, 0.717) is 17.2 Å². The maximum Gasteiger partial charge on any atom is 0.339 e. The van der Waals surface area contributed by atoms with Crippen molar-refractivity contribution in [1.82, 2.24) is 14.8 Å². The summed E-state index contributed by atoms with van der Waals surface area (Å²) in [4.78, 5) is 15.5. The van der Waals surface area contributed by atoms with Crippen LogP contribution in [0.2, 0.25) is 5.02 Å². The minimum atomic E-state index is -0.418. The Morgan fingerprint density at radius 3 is 3.00 bits per heavy atom. The molecule has 0 fully saturated rings. The Balaban J connectivity index is 1.77. The molecule has 5 nitrogen and oxygen atoms in total. The zero-order valence-corrected chi connectivity index (χ0v) is 11.3. The zero-order valence-electron chi connectivity index (χ0n) is 10.5. The third-order valence-corrected chi connectivity index (χ3v) is 2.89. The largest absolute Gasteiger partial charge is 0.462 e. The number of carbonyl (C=O) groups is 1. The molecule has 0 aliphatic carbocycles. The number of pyridine rings is 1. The number of hydrogen-bond acceptors (Lipinski definition) is 4. The summed E-state index contributed by atoms with van der Waals surface area (Å²) < 4.78 is 6.91. The molecule has 2 heterocycles. The number of hydrogen-bond donors (Lipinski definition) is 0. The van der Waals surface area contributed by atoms with E-state index in [0.717, 1.165) is 18.4 Å². The number of carbonyl (C=O) groups excluding carboxylic acids is 1. The van der Waals surface area contributed by atoms with Crippen LogP contribution in [-0.2, 0) is 18.2 Å². The summed E-state index contributed by atoms with van der Waals surface area (Å²) in [5, 5.41) is 4.38. The van der Waals surface area contributed by atoms with Gasteiger partial charge in [-0.3, -0.25) is 9.67 Å². The topological polar surface area (TPSA) is 57.0 Å². The molecule has 0 saturated carbocycles. The highest BCUT2D eigenvalue weighted by Gasteiger charge is 2.11. The summed E-state index contributed by atoms with van der Waals surface area (Å²) in [6.45, 7) is 0.354. The highest BCUT2D eigenvalue weighted by molar-refractivity contribution is 6.33. The van der Waals surface area contributed by atoms with E-state index in [-0.39, 0.29) is 0 Å². The Morgan fingerprint density at radius 1 is 1.47 bits per heavy atom. The Hall–Kier alpha value is -1.88. The number of rotatable bonds is 5. The third-order valence-electron chi connectivity index (χ3n) is 2.59. The van der Waals surface area contributed by atoms with Crippen LogP contribution in [0.4, 0.5) is 0 Å². The molecule has 0 atom stereocenters. The van der Waals surface area contributed by atoms with Gasteiger partial charge >= 0.3 is 5.97 Å². The van der Waals surface area contributed by atoms with E-state index in [1.165, 1.54) is 12.4 Å². The third kappa shape index (κ3) is 3.79. The van der Waals surface area contributed by atoms with Gasteiger partial charge in [-0.05, 0) is 24.5 Å². The van der Waals surface area contributed by atoms with Crippen molar-refractivity contribution in [3.8, 4) is 0 Å². The van der Waals surface area contributed by atoms with Crippen molar-refractivity contribution in [2.45, 2.75) is 12.8 Å². The summed E-state index contributed by atoms with van der Waals surface area (Å²) in [5.41, 5.74) is 1.47. The fraction of sp³-hybridized carbons (Fsp3) is 0.308. The molecule has 0 aromatic carbocycles. The Labute approximate surface area is 116 Å². The molecule has 0 N–H and O–H groups in total. The molecule has 0 saturated heterocycles. The second-order valence-electron chi connectivity index (χ2n) is 4.12. The molecule has 2 aromatic heterocycles. The van der Waals surface area contributed by atoms with Crippen LogP contribution in [0.5, 0.6) is 0 Å². The molecule has 0 bridgehead atoms. The van der Waals surface area contributed by atoms with Gasteiger partial charge in [0.05, 0.1) is 23.4 Å². The van der Waals surface area contributed by atoms with Gasteiger partial charge in [-0.2, -0.15) is 5.10 Å². The van der Waals surface area contributed by atoms with E-state index in [1.54, 1.807) is 10.7 Å². The summed E-state index contributed by atoms with van der Waals surface area (Å²) in [7, 11) is 1.87. The Kier molecular flexibility index (Phi) is 4.52. The monoisotopic (exact) mass is 279 g/mol. The summed E-state index contributed by atoms with van der Waals surface area (Å²) in [6, 6.07) is 1.55. The van der Waals surface area contributed by atoms with Gasteiger partial charge in [0.1, 0.15) is 0 Å². The number of halogens is 1. The standard InChI is InChI=1S/C13H14ClN3O2/c1-17-9-10(7-16-17)3-2-6-19-13(18)11-4-5-15-8-12(11)14/h4-5,7-9H,2-3,6H2,1H3. The first-order valence-electron chi connectivity index (χ1n) is 5.91. The van der Waals surface area contributed by atoms with Gasteiger partial charge in [0.25, 0.3) is 0 Å². The molecule has 0 aliphatic heterocycles. The van der Waals surface area contributed by atoms with Crippen LogP contribution in [0.3, 0.4) is 0 Å². The lowest BCUT2D eigenvalue weighted by atomic mass is 10.2. The van der Waals surface area contributed by atoms with Crippen LogP contribution in [0.1, 0.15) is 22.3 Å². The van der Waals surface area contributed by atoms with E-state index < -0.39 is 5.97 Å². The van der Waals surface area contributed by atoms with Crippen molar-refractivity contribution in [2.24, 2.45) is 7.05 Å². The van der Waals surface area contributed by atoms with Gasteiger partial charge in [-0.15, -0.1) is 0 Å². The average molecular weight is 280 g/mol. The zero-order chi connectivity index (χ0) is 13.7. The van der Waals surface area contributed by atoms with Crippen molar-refractivity contribution in [3.63, 3.8) is 0 Å². The SMILES string of the molecule is Cn1cc(CCCOC(=O)c2ccncc2Cl)cn1. The Morgan fingerprint density at radius 2 is 2.32 bits per heavy atom. The molecule has 6 heteroatoms. The predicted molar refractivity (Wildman–Crippen MR) is 71.1 cm³/mol. The van der Waals surface area contributed by atoms with Crippen molar-refractivity contribution in [1.29, 1.82) is 0 Å². The highest BCUT2D eigenvalue weighted by atomic mass is 35.5. The minimum Gasteiger partial charge on any atom is -0.462 e. The maximum absolute atomic E-state index is 11.7. The van der Waals surface area contributed by atoms with Crippen molar-refractivity contribution in [3.05, 3.63) is 47.0 Å². The lowest BCUT2D eigenvalue weighted by Gasteiger charge is -2.05. The smallest absolute Gasteiger partial charge is 0.339 e. The van der Waals surface area contributed by atoms with Gasteiger partial charge in [0.15, 0.2) is 0 Å². The number of esters is 1. The molecule has 0 unspecified atom stereocenters. The first kappa shape index (κ1) is 13.5. The Bertz CT molecular complexity index is 569. The fourth-order valence-corrected chi connectivity index (χ4v) is 1.86. The van der Waals surface area contributed by atoms with E-state index >= 15 is 0 Å². The molecule has 0 amide bonds. The van der Waals surface area contributed by atoms with Crippen LogP contribution in [0.25, 0.3) is 0 Å². The molecule has 100 valence electrons. The minimum absolute atomic E-state index is 0.305. The lowest BCUT2D eigenvalue weighted by Crippen LogP contribution is -2.07. The molecule has 19 heavy (non-hydrogen) atoms. The van der Waals surface area contributed by atoms with Gasteiger partial charge in [0, 0.05) is 25.6 Å². The molecular weight excluding hydrogens is 266 g/mol. The molecule has 0 spiro atoms. The van der Waals surface area contributed by atoms with Crippen molar-refractivity contribution >= 4 is 17.6 Å². The molecule has 2 aromatic rings. The number of ether oxygens (including phenoxy) is 1. The number of aryl methyl sites for hydroxylation is 2. The van der Waals surface area contributed by atoms with Crippen LogP contribution in [-0.4, -0.2) is 27.3 Å². The van der Waals surface area contributed by atoms with Crippen LogP contribution < -0.4 is 0 Å². The normalized spacial score (nSPS) is 10.4. The van der Waals surface area contributed by atoms with Crippen molar-refractivity contribution < 1.29 is 9.53 Å². The molecule has 2 rings (SSSR count). The van der Waals surface area contributed by atoms with E-state index in [2.05, 4.69) is 10.1 Å². The van der Waals surface area contributed by atoms with Gasteiger partial charge in [-0.25, -0.2) is 4.79 Å². The van der Waals surface area contributed by atoms with E-state index in [9.17, 15) is 4.79 Å². The lowest BCUT2D eigenvalue weighted by molar-refractivity contribution is 0.0500. The van der Waals surface area contributed by atoms with Gasteiger partial charge < -0.3 is 4.74 Å². The first-order valence-corrected chi connectivity index (χ1v) is 6.29. The van der Waals surface area contributed by atoms with E-state index in [1.807, 2.05) is 19.4 Å². The van der Waals surface area contributed by atoms with Crippen molar-refractivity contribution in [2.75, 3.05) is 6.61 Å². The second-order valence-corrected chi connectivity index (χ2v) is 4.52. The second kappa shape index (κ2) is 6.33. The summed E-state index contributed by atoms with van der Waals surface area (Å²) >= 11 is 5.86. The van der Waals surface area contributed by atoms with Crippen LogP contribution in [0.15, 0.2) is 30.9 Å². The molecular formula is C13H14ClN3O2. The van der Waals surface area contributed by atoms with Crippen LogP contribution >= 0.6 is 11.6 Å². The quantitative estimate of drug-likeness (QED) is 0.622. The fourth-order valence-electron chi connectivity index (χ4n) is 1.66. The first-order chi connectivity index (χ1) is 9.16. The van der Waals surface area contributed by atoms with E-state index in [4.69, 9.17) is 16.3 Å². The van der Waals surface area contributed by atoms with Crippen LogP contribution in [0, 0.1) is 0 Å². The highest BCUT2D eigenvalue weighted by Crippen LogP contribution is 2.14. The summed E-state index contributed by atoms with van der Waals surface area (Å²) in [6.07, 6.45) is 8.26. The van der Waals surface area contributed by atoms with Gasteiger partial charge in [0.2, 0.25) is 0 Å². The number of aromatic nitrogens is 3. The number of nitrogens with zero attached hydrogens (tertiary/aromatic N) is 3. The average Bonchev–Trinajstić information content (AvgIpc) is 2.81. The van der Waals surface area contributed by atoms with Gasteiger partial charge in [-0.1, -0.05) is 11.6 Å². The molecule has 0 aliphatic rings. The maximum atomic E-state index is 11.7.